The molecule has 0 saturated carbocycles. The molecule has 0 aliphatic heterocycles. The van der Waals surface area contributed by atoms with Gasteiger partial charge in [-0.2, -0.15) is 18.4 Å². The van der Waals surface area contributed by atoms with Crippen LogP contribution in [0, 0.1) is 21.4 Å². The maximum absolute atomic E-state index is 12.2. The van der Waals surface area contributed by atoms with Gasteiger partial charge in [-0.1, -0.05) is 6.07 Å². The van der Waals surface area contributed by atoms with Crippen LogP contribution in [0.1, 0.15) is 5.56 Å². The molecule has 0 heterocycles. The lowest BCUT2D eigenvalue weighted by Gasteiger charge is -2.11. The summed E-state index contributed by atoms with van der Waals surface area (Å²) in [7, 11) is 0. The van der Waals surface area contributed by atoms with Gasteiger partial charge in [0.2, 0.25) is 0 Å². The molecule has 0 fully saturated rings. The zero-order chi connectivity index (χ0) is 18.6. The number of nitriles is 1. The van der Waals surface area contributed by atoms with Crippen LogP contribution in [0.4, 0.5) is 24.5 Å². The first-order valence-electron chi connectivity index (χ1n) is 6.55. The van der Waals surface area contributed by atoms with Gasteiger partial charge >= 0.3 is 12.1 Å². The molecule has 2 rings (SSSR count). The van der Waals surface area contributed by atoms with Gasteiger partial charge in [0, 0.05) is 23.9 Å². The van der Waals surface area contributed by atoms with Crippen molar-refractivity contribution in [2.75, 3.05) is 5.32 Å². The number of nitrogens with zero attached hydrogens (tertiary/aromatic N) is 2. The lowest BCUT2D eigenvalue weighted by Crippen LogP contribution is -2.29. The van der Waals surface area contributed by atoms with Gasteiger partial charge in [-0.25, -0.2) is 0 Å². The number of ether oxygens (including phenoxy) is 1. The predicted octanol–water partition coefficient (Wildman–Crippen LogP) is 3.76. The summed E-state index contributed by atoms with van der Waals surface area (Å²) in [6.07, 6.45) is -5.04. The number of anilines is 1. The van der Waals surface area contributed by atoms with E-state index in [0.717, 1.165) is 18.2 Å². The summed E-state index contributed by atoms with van der Waals surface area (Å²) in [5.41, 5.74) is -0.603. The Bertz CT molecular complexity index is 875. The van der Waals surface area contributed by atoms with E-state index in [1.807, 2.05) is 0 Å². The van der Waals surface area contributed by atoms with Crippen molar-refractivity contribution in [1.82, 2.24) is 0 Å². The minimum Gasteiger partial charge on any atom is -0.456 e. The van der Waals surface area contributed by atoms with E-state index < -0.39 is 17.0 Å². The number of hydrogen-bond donors (Lipinski definition) is 1. The van der Waals surface area contributed by atoms with Crippen molar-refractivity contribution in [2.45, 2.75) is 6.18 Å². The van der Waals surface area contributed by atoms with Crippen molar-refractivity contribution < 1.29 is 27.6 Å². The maximum atomic E-state index is 12.2. The number of amides is 1. The smallest absolute Gasteiger partial charge is 0.456 e. The van der Waals surface area contributed by atoms with Crippen molar-refractivity contribution >= 4 is 17.3 Å². The van der Waals surface area contributed by atoms with Crippen LogP contribution in [0.5, 0.6) is 11.5 Å². The van der Waals surface area contributed by atoms with Gasteiger partial charge in [-0.15, -0.1) is 0 Å². The molecule has 2 aromatic carbocycles. The number of nitrogens with one attached hydrogen (secondary N) is 1. The molecule has 7 nitrogen and oxygen atoms in total. The summed E-state index contributed by atoms with van der Waals surface area (Å²) >= 11 is 0. The molecule has 2 aromatic rings. The standard InChI is InChI=1S/C15H8F3N3O4/c16-15(17,18)14(22)20-10-2-1-3-12(7-10)25-13-5-4-11(21(23)24)6-9(13)8-19/h1-7H,(H,20,22). The fraction of sp³-hybridized carbons (Fsp3) is 0.0667. The largest absolute Gasteiger partial charge is 0.471 e. The molecule has 0 aromatic heterocycles. The van der Waals surface area contributed by atoms with E-state index in [9.17, 15) is 28.1 Å². The Labute approximate surface area is 138 Å². The minimum absolute atomic E-state index is 0.0209. The second-order valence-corrected chi connectivity index (χ2v) is 4.63. The number of hydrogen-bond acceptors (Lipinski definition) is 5. The summed E-state index contributed by atoms with van der Waals surface area (Å²) in [4.78, 5) is 20.9. The number of benzene rings is 2. The third-order valence-electron chi connectivity index (χ3n) is 2.87. The van der Waals surface area contributed by atoms with Gasteiger partial charge in [0.1, 0.15) is 23.1 Å². The molecule has 1 amide bonds. The van der Waals surface area contributed by atoms with Gasteiger partial charge in [-0.3, -0.25) is 14.9 Å². The molecule has 0 unspecified atom stereocenters. The first kappa shape index (κ1) is 17.7. The van der Waals surface area contributed by atoms with Crippen LogP contribution in [0.15, 0.2) is 42.5 Å². The van der Waals surface area contributed by atoms with Gasteiger partial charge in [0.25, 0.3) is 5.69 Å². The highest BCUT2D eigenvalue weighted by Gasteiger charge is 2.38. The number of carbonyl (C=O) groups is 1. The molecule has 0 spiro atoms. The predicted molar refractivity (Wildman–Crippen MR) is 79.0 cm³/mol. The summed E-state index contributed by atoms with van der Waals surface area (Å²) in [6.45, 7) is 0. The van der Waals surface area contributed by atoms with E-state index in [2.05, 4.69) is 0 Å². The van der Waals surface area contributed by atoms with E-state index >= 15 is 0 Å². The Kier molecular flexibility index (Phi) is 4.88. The summed E-state index contributed by atoms with van der Waals surface area (Å²) in [5, 5.41) is 21.4. The van der Waals surface area contributed by atoms with Crippen molar-refractivity contribution in [2.24, 2.45) is 0 Å². The topological polar surface area (TPSA) is 105 Å². The highest BCUT2D eigenvalue weighted by molar-refractivity contribution is 5.95. The molecule has 0 saturated heterocycles. The van der Waals surface area contributed by atoms with E-state index in [-0.39, 0.29) is 28.4 Å². The first-order chi connectivity index (χ1) is 11.7. The lowest BCUT2D eigenvalue weighted by molar-refractivity contribution is -0.384. The maximum Gasteiger partial charge on any atom is 0.471 e. The average Bonchev–Trinajstić information content (AvgIpc) is 2.54. The number of halogens is 3. The molecule has 0 radical (unpaired) electrons. The van der Waals surface area contributed by atoms with E-state index in [1.165, 1.54) is 24.3 Å². The first-order valence-corrected chi connectivity index (χ1v) is 6.55. The Balaban J connectivity index is 2.24. The van der Waals surface area contributed by atoms with Gasteiger partial charge in [0.15, 0.2) is 0 Å². The lowest BCUT2D eigenvalue weighted by atomic mass is 10.2. The third kappa shape index (κ3) is 4.44. The summed E-state index contributed by atoms with van der Waals surface area (Å²) in [6, 6.07) is 10.1. The van der Waals surface area contributed by atoms with Crippen LogP contribution >= 0.6 is 0 Å². The fourth-order valence-corrected chi connectivity index (χ4v) is 1.77. The average molecular weight is 351 g/mol. The van der Waals surface area contributed by atoms with E-state index in [4.69, 9.17) is 10.00 Å². The molecular weight excluding hydrogens is 343 g/mol. The van der Waals surface area contributed by atoms with Crippen LogP contribution in [0.25, 0.3) is 0 Å². The highest BCUT2D eigenvalue weighted by atomic mass is 19.4. The van der Waals surface area contributed by atoms with Crippen molar-refractivity contribution in [3.63, 3.8) is 0 Å². The van der Waals surface area contributed by atoms with Crippen LogP contribution in [-0.4, -0.2) is 17.0 Å². The minimum atomic E-state index is -5.04. The molecule has 0 bridgehead atoms. The monoisotopic (exact) mass is 351 g/mol. The van der Waals surface area contributed by atoms with Crippen molar-refractivity contribution in [3.8, 4) is 17.6 Å². The quantitative estimate of drug-likeness (QED) is 0.667. The summed E-state index contributed by atoms with van der Waals surface area (Å²) < 4.78 is 42.1. The van der Waals surface area contributed by atoms with Crippen LogP contribution in [0.3, 0.4) is 0 Å². The SMILES string of the molecule is N#Cc1cc([N+](=O)[O-])ccc1Oc1cccc(NC(=O)C(F)(F)F)c1. The van der Waals surface area contributed by atoms with Crippen LogP contribution in [-0.2, 0) is 4.79 Å². The fourth-order valence-electron chi connectivity index (χ4n) is 1.77. The normalized spacial score (nSPS) is 10.6. The Hall–Kier alpha value is -3.61. The number of alkyl halides is 3. The van der Waals surface area contributed by atoms with Gasteiger partial charge in [0.05, 0.1) is 4.92 Å². The second-order valence-electron chi connectivity index (χ2n) is 4.63. The van der Waals surface area contributed by atoms with Crippen molar-refractivity contribution in [3.05, 3.63) is 58.1 Å². The molecule has 0 aliphatic carbocycles. The summed E-state index contributed by atoms with van der Waals surface area (Å²) in [5.74, 6) is -2.13. The number of carbonyl (C=O) groups excluding carboxylic acids is 1. The van der Waals surface area contributed by atoms with Crippen LogP contribution < -0.4 is 10.1 Å². The van der Waals surface area contributed by atoms with E-state index in [1.54, 1.807) is 11.4 Å². The Morgan fingerprint density at radius 1 is 1.24 bits per heavy atom. The number of rotatable bonds is 4. The number of nitro benzene ring substituents is 1. The highest BCUT2D eigenvalue weighted by Crippen LogP contribution is 2.30. The molecule has 10 heteroatoms. The molecule has 0 atom stereocenters. The zero-order valence-electron chi connectivity index (χ0n) is 12.2. The molecule has 128 valence electrons. The van der Waals surface area contributed by atoms with E-state index in [0.29, 0.717) is 0 Å². The molecule has 25 heavy (non-hydrogen) atoms. The molecular formula is C15H8F3N3O4. The van der Waals surface area contributed by atoms with Crippen LogP contribution in [0.2, 0.25) is 0 Å². The van der Waals surface area contributed by atoms with Gasteiger partial charge < -0.3 is 10.1 Å². The molecule has 0 aliphatic rings. The second kappa shape index (κ2) is 6.88. The number of nitro groups is 1. The Morgan fingerprint density at radius 3 is 2.56 bits per heavy atom. The number of non-ortho nitro benzene ring substituents is 1. The Morgan fingerprint density at radius 2 is 1.96 bits per heavy atom. The molecule has 1 N–H and O–H groups in total. The van der Waals surface area contributed by atoms with Crippen molar-refractivity contribution in [1.29, 1.82) is 5.26 Å². The van der Waals surface area contributed by atoms with Gasteiger partial charge in [-0.05, 0) is 18.2 Å². The third-order valence-corrected chi connectivity index (χ3v) is 2.87. The zero-order valence-corrected chi connectivity index (χ0v) is 12.2.